The number of aryl methyl sites for hydroxylation is 1. The maximum Gasteiger partial charge on any atom is 0.339 e. The standard InChI is InChI=1S/C21H27N3O4/c1-3-5-17(25)24-13-8-10-14(11-9-13)28-16-7-4-6-15-19(16)20(22)18(21(26)27)12(2)23-15/h4,6-7,13-14H,3,5,8-11H2,1-2H3,(H2,22,23)(H,24,25)(H,26,27). The van der Waals surface area contributed by atoms with Gasteiger partial charge in [0.2, 0.25) is 5.91 Å². The average Bonchev–Trinajstić information content (AvgIpc) is 2.63. The van der Waals surface area contributed by atoms with E-state index in [1.165, 1.54) is 0 Å². The first-order chi connectivity index (χ1) is 13.4. The number of nitrogens with zero attached hydrogens (tertiary/aromatic N) is 1. The Labute approximate surface area is 164 Å². The number of nitrogens with one attached hydrogen (secondary N) is 1. The third kappa shape index (κ3) is 4.18. The molecule has 1 aliphatic rings. The van der Waals surface area contributed by atoms with Crippen LogP contribution in [0, 0.1) is 6.92 Å². The molecule has 0 radical (unpaired) electrons. The van der Waals surface area contributed by atoms with Crippen molar-refractivity contribution in [1.29, 1.82) is 0 Å². The van der Waals surface area contributed by atoms with Gasteiger partial charge in [-0.05, 0) is 51.2 Å². The summed E-state index contributed by atoms with van der Waals surface area (Å²) >= 11 is 0. The number of carboxylic acids is 1. The molecule has 0 aliphatic heterocycles. The summed E-state index contributed by atoms with van der Waals surface area (Å²) in [4.78, 5) is 27.7. The fourth-order valence-electron chi connectivity index (χ4n) is 3.84. The van der Waals surface area contributed by atoms with E-state index in [1.807, 2.05) is 13.0 Å². The van der Waals surface area contributed by atoms with Crippen molar-refractivity contribution in [3.63, 3.8) is 0 Å². The number of aromatic nitrogens is 1. The number of aromatic carboxylic acids is 1. The number of nitrogen functional groups attached to an aromatic ring is 1. The van der Waals surface area contributed by atoms with Gasteiger partial charge in [-0.3, -0.25) is 9.78 Å². The van der Waals surface area contributed by atoms with Crippen LogP contribution < -0.4 is 15.8 Å². The van der Waals surface area contributed by atoms with Crippen LogP contribution in [0.4, 0.5) is 5.69 Å². The van der Waals surface area contributed by atoms with Crippen molar-refractivity contribution in [1.82, 2.24) is 10.3 Å². The van der Waals surface area contributed by atoms with Gasteiger partial charge in [0, 0.05) is 12.5 Å². The normalized spacial score (nSPS) is 19.4. The van der Waals surface area contributed by atoms with Gasteiger partial charge in [-0.25, -0.2) is 4.79 Å². The number of nitrogens with two attached hydrogens (primary N) is 1. The molecule has 1 aliphatic carbocycles. The molecule has 2 aromatic rings. The van der Waals surface area contributed by atoms with Gasteiger partial charge >= 0.3 is 5.97 Å². The van der Waals surface area contributed by atoms with Gasteiger partial charge in [0.1, 0.15) is 11.3 Å². The van der Waals surface area contributed by atoms with Crippen LogP contribution in [-0.2, 0) is 4.79 Å². The zero-order valence-corrected chi connectivity index (χ0v) is 16.3. The second-order valence-electron chi connectivity index (χ2n) is 7.35. The Morgan fingerprint density at radius 3 is 2.64 bits per heavy atom. The number of hydrogen-bond acceptors (Lipinski definition) is 5. The number of carbonyl (C=O) groups is 2. The molecule has 0 unspecified atom stereocenters. The van der Waals surface area contributed by atoms with Crippen LogP contribution in [0.3, 0.4) is 0 Å². The van der Waals surface area contributed by atoms with E-state index in [-0.39, 0.29) is 29.3 Å². The van der Waals surface area contributed by atoms with Crippen molar-refractivity contribution in [2.45, 2.75) is 64.5 Å². The first-order valence-corrected chi connectivity index (χ1v) is 9.78. The lowest BCUT2D eigenvalue weighted by atomic mass is 9.92. The number of fused-ring (bicyclic) bond motifs is 1. The summed E-state index contributed by atoms with van der Waals surface area (Å²) in [6.07, 6.45) is 4.76. The SMILES string of the molecule is CCCC(=O)NC1CCC(Oc2cccc3nc(C)c(C(=O)O)c(N)c23)CC1. The molecule has 28 heavy (non-hydrogen) atoms. The molecule has 4 N–H and O–H groups in total. The molecule has 1 aromatic heterocycles. The van der Waals surface area contributed by atoms with E-state index in [0.29, 0.717) is 28.8 Å². The molecule has 7 nitrogen and oxygen atoms in total. The smallest absolute Gasteiger partial charge is 0.339 e. The molecule has 1 saturated carbocycles. The first-order valence-electron chi connectivity index (χ1n) is 9.78. The number of amides is 1. The van der Waals surface area contributed by atoms with E-state index >= 15 is 0 Å². The number of ether oxygens (including phenoxy) is 1. The summed E-state index contributed by atoms with van der Waals surface area (Å²) in [5.74, 6) is -0.428. The van der Waals surface area contributed by atoms with Crippen LogP contribution >= 0.6 is 0 Å². The molecule has 1 fully saturated rings. The topological polar surface area (TPSA) is 115 Å². The predicted octanol–water partition coefficient (Wildman–Crippen LogP) is 3.43. The highest BCUT2D eigenvalue weighted by Gasteiger charge is 2.25. The third-order valence-electron chi connectivity index (χ3n) is 5.22. The van der Waals surface area contributed by atoms with Gasteiger partial charge in [0.05, 0.1) is 28.4 Å². The Morgan fingerprint density at radius 2 is 2.00 bits per heavy atom. The molecule has 7 heteroatoms. The van der Waals surface area contributed by atoms with Crippen LogP contribution in [0.1, 0.15) is 61.5 Å². The lowest BCUT2D eigenvalue weighted by molar-refractivity contribution is -0.122. The Morgan fingerprint density at radius 1 is 1.29 bits per heavy atom. The highest BCUT2D eigenvalue weighted by molar-refractivity contribution is 6.06. The molecule has 3 rings (SSSR count). The van der Waals surface area contributed by atoms with Crippen molar-refractivity contribution < 1.29 is 19.4 Å². The zero-order chi connectivity index (χ0) is 20.3. The second-order valence-corrected chi connectivity index (χ2v) is 7.35. The summed E-state index contributed by atoms with van der Waals surface area (Å²) in [6, 6.07) is 5.63. The number of carboxylic acid groups (broad SMARTS) is 1. The molecule has 1 aromatic carbocycles. The molecular weight excluding hydrogens is 358 g/mol. The molecule has 0 atom stereocenters. The van der Waals surface area contributed by atoms with Gasteiger partial charge in [0.25, 0.3) is 0 Å². The number of hydrogen-bond donors (Lipinski definition) is 3. The first kappa shape index (κ1) is 19.9. The molecule has 1 amide bonds. The lowest BCUT2D eigenvalue weighted by Gasteiger charge is -2.30. The number of benzene rings is 1. The maximum atomic E-state index is 11.8. The minimum absolute atomic E-state index is 0.00101. The van der Waals surface area contributed by atoms with Gasteiger partial charge in [-0.2, -0.15) is 0 Å². The van der Waals surface area contributed by atoms with Gasteiger partial charge in [0.15, 0.2) is 0 Å². The van der Waals surface area contributed by atoms with Gasteiger partial charge in [-0.1, -0.05) is 13.0 Å². The Hall–Kier alpha value is -2.83. The van der Waals surface area contributed by atoms with E-state index in [1.54, 1.807) is 19.1 Å². The number of rotatable bonds is 6. The van der Waals surface area contributed by atoms with E-state index in [9.17, 15) is 14.7 Å². The summed E-state index contributed by atoms with van der Waals surface area (Å²) in [6.45, 7) is 3.63. The van der Waals surface area contributed by atoms with E-state index in [4.69, 9.17) is 10.5 Å². The molecule has 0 saturated heterocycles. The number of anilines is 1. The Bertz CT molecular complexity index is 889. The van der Waals surface area contributed by atoms with Crippen molar-refractivity contribution in [3.05, 3.63) is 29.5 Å². The lowest BCUT2D eigenvalue weighted by Crippen LogP contribution is -2.39. The predicted molar refractivity (Wildman–Crippen MR) is 108 cm³/mol. The summed E-state index contributed by atoms with van der Waals surface area (Å²) < 4.78 is 6.20. The van der Waals surface area contributed by atoms with E-state index in [2.05, 4.69) is 10.3 Å². The van der Waals surface area contributed by atoms with Crippen molar-refractivity contribution in [3.8, 4) is 5.75 Å². The Kier molecular flexibility index (Phi) is 6.02. The second kappa shape index (κ2) is 8.46. The zero-order valence-electron chi connectivity index (χ0n) is 16.3. The van der Waals surface area contributed by atoms with Crippen LogP contribution in [0.15, 0.2) is 18.2 Å². The quantitative estimate of drug-likeness (QED) is 0.702. The number of pyridine rings is 1. The fraction of sp³-hybridized carbons (Fsp3) is 0.476. The summed E-state index contributed by atoms with van der Waals surface area (Å²) in [7, 11) is 0. The van der Waals surface area contributed by atoms with E-state index in [0.717, 1.165) is 32.1 Å². The number of carbonyl (C=O) groups excluding carboxylic acids is 1. The van der Waals surface area contributed by atoms with Crippen LogP contribution in [0.2, 0.25) is 0 Å². The fourth-order valence-corrected chi connectivity index (χ4v) is 3.84. The molecular formula is C21H27N3O4. The molecule has 1 heterocycles. The maximum absolute atomic E-state index is 11.8. The minimum atomic E-state index is -1.09. The van der Waals surface area contributed by atoms with Gasteiger partial charge in [-0.15, -0.1) is 0 Å². The Balaban J connectivity index is 1.76. The molecule has 0 spiro atoms. The van der Waals surface area contributed by atoms with Crippen molar-refractivity contribution in [2.24, 2.45) is 0 Å². The summed E-state index contributed by atoms with van der Waals surface area (Å²) in [5, 5.41) is 13.1. The third-order valence-corrected chi connectivity index (χ3v) is 5.22. The minimum Gasteiger partial charge on any atom is -0.490 e. The van der Waals surface area contributed by atoms with E-state index < -0.39 is 5.97 Å². The highest BCUT2D eigenvalue weighted by Crippen LogP contribution is 2.35. The highest BCUT2D eigenvalue weighted by atomic mass is 16.5. The monoisotopic (exact) mass is 385 g/mol. The average molecular weight is 385 g/mol. The van der Waals surface area contributed by atoms with Crippen LogP contribution in [-0.4, -0.2) is 34.1 Å². The van der Waals surface area contributed by atoms with Crippen LogP contribution in [0.25, 0.3) is 10.9 Å². The largest absolute Gasteiger partial charge is 0.490 e. The molecule has 150 valence electrons. The molecule has 0 bridgehead atoms. The van der Waals surface area contributed by atoms with Crippen molar-refractivity contribution in [2.75, 3.05) is 5.73 Å². The van der Waals surface area contributed by atoms with Gasteiger partial charge < -0.3 is 20.9 Å². The van der Waals surface area contributed by atoms with Crippen LogP contribution in [0.5, 0.6) is 5.75 Å². The van der Waals surface area contributed by atoms with Crippen molar-refractivity contribution >= 4 is 28.5 Å². The summed E-state index contributed by atoms with van der Waals surface area (Å²) in [5.41, 5.74) is 7.40.